The highest BCUT2D eigenvalue weighted by molar-refractivity contribution is 6.11. The normalized spacial score (nSPS) is 21.2. The van der Waals surface area contributed by atoms with Gasteiger partial charge >= 0.3 is 0 Å². The van der Waals surface area contributed by atoms with Crippen molar-refractivity contribution in [2.24, 2.45) is 5.16 Å². The minimum absolute atomic E-state index is 0.0550. The summed E-state index contributed by atoms with van der Waals surface area (Å²) in [6, 6.07) is 26.8. The van der Waals surface area contributed by atoms with Crippen LogP contribution in [0.4, 0.5) is 0 Å². The molecule has 4 heterocycles. The first kappa shape index (κ1) is 35.2. The molecule has 3 aromatic carbocycles. The Balaban J connectivity index is 0.902. The second kappa shape index (κ2) is 15.3. The van der Waals surface area contributed by atoms with E-state index in [1.807, 2.05) is 96.8 Å². The van der Waals surface area contributed by atoms with Crippen molar-refractivity contribution in [3.8, 4) is 11.3 Å². The molecule has 11 nitrogen and oxygen atoms in total. The molecule has 4 aromatic rings. The van der Waals surface area contributed by atoms with Crippen LogP contribution in [0.1, 0.15) is 66.7 Å². The zero-order valence-corrected chi connectivity index (χ0v) is 30.7. The minimum Gasteiger partial charge on any atom is -0.385 e. The molecule has 0 saturated carbocycles. The Morgan fingerprint density at radius 3 is 2.35 bits per heavy atom. The van der Waals surface area contributed by atoms with E-state index in [9.17, 15) is 14.4 Å². The summed E-state index contributed by atoms with van der Waals surface area (Å²) in [4.78, 5) is 60.2. The van der Waals surface area contributed by atoms with Crippen LogP contribution < -0.4 is 5.32 Å². The van der Waals surface area contributed by atoms with Crippen LogP contribution in [-0.2, 0) is 25.6 Å². The first-order chi connectivity index (χ1) is 26.3. The van der Waals surface area contributed by atoms with Gasteiger partial charge in [0.2, 0.25) is 17.7 Å². The van der Waals surface area contributed by atoms with Crippen molar-refractivity contribution < 1.29 is 19.2 Å². The number of carbonyl (C=O) groups excluding carboxylic acids is 3. The molecule has 3 amide bonds. The second-order valence-corrected chi connectivity index (χ2v) is 14.7. The van der Waals surface area contributed by atoms with Crippen LogP contribution in [0, 0.1) is 0 Å². The molecule has 2 N–H and O–H groups in total. The van der Waals surface area contributed by atoms with Gasteiger partial charge in [-0.3, -0.25) is 19.3 Å². The summed E-state index contributed by atoms with van der Waals surface area (Å²) in [5.41, 5.74) is 6.83. The number of aromatic nitrogens is 2. The number of hydrogen-bond acceptors (Lipinski definition) is 7. The van der Waals surface area contributed by atoms with E-state index in [4.69, 9.17) is 9.82 Å². The highest BCUT2D eigenvalue weighted by atomic mass is 16.6. The molecule has 0 spiro atoms. The Morgan fingerprint density at radius 2 is 1.59 bits per heavy atom. The van der Waals surface area contributed by atoms with Gasteiger partial charge < -0.3 is 24.9 Å². The second-order valence-electron chi connectivity index (χ2n) is 14.7. The molecule has 54 heavy (non-hydrogen) atoms. The fourth-order valence-electron chi connectivity index (χ4n) is 8.17. The zero-order valence-electron chi connectivity index (χ0n) is 30.7. The summed E-state index contributed by atoms with van der Waals surface area (Å²) in [7, 11) is 3.77. The number of likely N-dealkylation sites (tertiary alicyclic amines) is 2. The lowest BCUT2D eigenvalue weighted by molar-refractivity contribution is -0.141. The smallest absolute Gasteiger partial charge is 0.248 e. The van der Waals surface area contributed by atoms with Crippen LogP contribution in [0.5, 0.6) is 0 Å². The van der Waals surface area contributed by atoms with Crippen molar-refractivity contribution in [1.29, 1.82) is 0 Å². The van der Waals surface area contributed by atoms with Crippen LogP contribution in [-0.4, -0.2) is 87.6 Å². The van der Waals surface area contributed by atoms with Crippen LogP contribution in [0.25, 0.3) is 16.8 Å². The Labute approximate surface area is 315 Å². The van der Waals surface area contributed by atoms with Crippen molar-refractivity contribution >= 4 is 29.1 Å². The van der Waals surface area contributed by atoms with E-state index >= 15 is 0 Å². The number of H-pyrrole nitrogens is 1. The summed E-state index contributed by atoms with van der Waals surface area (Å²) in [5, 5.41) is 7.25. The van der Waals surface area contributed by atoms with Crippen LogP contribution >= 0.6 is 0 Å². The first-order valence-electron chi connectivity index (χ1n) is 18.8. The number of imidazole rings is 1. The Bertz CT molecular complexity index is 2110. The number of allylic oxidation sites excluding steroid dienone is 2. The van der Waals surface area contributed by atoms with Crippen LogP contribution in [0.15, 0.2) is 114 Å². The monoisotopic (exact) mass is 723 g/mol. The maximum absolute atomic E-state index is 13.8. The van der Waals surface area contributed by atoms with Crippen molar-refractivity contribution in [3.05, 3.63) is 131 Å². The van der Waals surface area contributed by atoms with Gasteiger partial charge in [-0.1, -0.05) is 102 Å². The lowest BCUT2D eigenvalue weighted by atomic mass is 9.90. The van der Waals surface area contributed by atoms with E-state index in [1.54, 1.807) is 4.90 Å². The molecule has 1 aliphatic carbocycles. The van der Waals surface area contributed by atoms with E-state index in [0.717, 1.165) is 70.7 Å². The molecule has 8 rings (SSSR count). The quantitative estimate of drug-likeness (QED) is 0.225. The number of nitrogens with zero attached hydrogens (tertiary/aromatic N) is 5. The molecular formula is C43H45N7O4. The topological polar surface area (TPSA) is 123 Å². The van der Waals surface area contributed by atoms with Gasteiger partial charge in [-0.05, 0) is 67.6 Å². The standard InChI is InChI=1S/C43H45N7O4/c1-48(2)39(31-13-7-4-8-14-31)43(53)50-24-10-16-36(50)42(52)46-40-33-22-21-32(26-37(33)54-47-40)29-17-19-30(20-18-29)34-27-44-41(45-34)35-15-9-23-49(35)38(51)25-28-11-5-3-6-12-28/h3-8,11-14,17-22,27,35-37,39H,9-10,15-16,23-26H2,1-2H3,(H,44,45)(H,46,47,52)/t35-,36-,37?,39+/m0/s1. The van der Waals surface area contributed by atoms with Crippen molar-refractivity contribution in [2.75, 3.05) is 27.2 Å². The van der Waals surface area contributed by atoms with E-state index in [1.165, 1.54) is 0 Å². The number of aromatic amines is 1. The molecule has 2 saturated heterocycles. The zero-order chi connectivity index (χ0) is 37.2. The predicted molar refractivity (Wildman–Crippen MR) is 207 cm³/mol. The molecule has 11 heteroatoms. The largest absolute Gasteiger partial charge is 0.385 e. The van der Waals surface area contributed by atoms with Gasteiger partial charge in [0, 0.05) is 25.1 Å². The molecule has 0 bridgehead atoms. The fraction of sp³-hybridized carbons (Fsp3) is 0.326. The summed E-state index contributed by atoms with van der Waals surface area (Å²) in [6.45, 7) is 1.27. The van der Waals surface area contributed by atoms with Crippen LogP contribution in [0.2, 0.25) is 0 Å². The fourth-order valence-corrected chi connectivity index (χ4v) is 8.17. The highest BCUT2D eigenvalue weighted by Gasteiger charge is 2.40. The average Bonchev–Trinajstić information content (AvgIpc) is 4.03. The van der Waals surface area contributed by atoms with Gasteiger partial charge in [-0.15, -0.1) is 0 Å². The first-order valence-corrected chi connectivity index (χ1v) is 18.8. The Morgan fingerprint density at radius 1 is 0.889 bits per heavy atom. The van der Waals surface area contributed by atoms with Crippen molar-refractivity contribution in [2.45, 2.75) is 62.8 Å². The lowest BCUT2D eigenvalue weighted by Gasteiger charge is -2.31. The summed E-state index contributed by atoms with van der Waals surface area (Å²) in [5.74, 6) is 1.02. The number of likely N-dealkylation sites (N-methyl/N-ethyl adjacent to an activating group) is 1. The number of rotatable bonds is 9. The van der Waals surface area contributed by atoms with Crippen molar-refractivity contribution in [1.82, 2.24) is 30.0 Å². The SMILES string of the molecule is CN(C)[C@@H](C(=O)N1CCC[C@H]1C(=O)NC1=NOC2CC(c3ccc(-c4cnc([C@@H]5CCCN5C(=O)Cc5ccccc5)[nH]4)cc3)=CC=C12)c1ccccc1. The minimum atomic E-state index is -0.579. The number of carbonyl (C=O) groups is 3. The summed E-state index contributed by atoms with van der Waals surface area (Å²) in [6.07, 6.45) is 9.75. The third kappa shape index (κ3) is 7.11. The molecule has 0 radical (unpaired) electrons. The van der Waals surface area contributed by atoms with Crippen molar-refractivity contribution in [3.63, 3.8) is 0 Å². The molecule has 4 aliphatic rings. The molecule has 1 unspecified atom stereocenters. The van der Waals surface area contributed by atoms with Gasteiger partial charge in [0.1, 0.15) is 17.9 Å². The van der Waals surface area contributed by atoms with Gasteiger partial charge in [0.05, 0.1) is 24.4 Å². The molecule has 3 aliphatic heterocycles. The third-order valence-corrected chi connectivity index (χ3v) is 11.0. The molecule has 4 atom stereocenters. The third-order valence-electron chi connectivity index (χ3n) is 11.0. The number of benzene rings is 3. The number of amides is 3. The number of fused-ring (bicyclic) bond motifs is 1. The number of amidine groups is 1. The van der Waals surface area contributed by atoms with E-state index in [0.29, 0.717) is 31.6 Å². The molecule has 2 fully saturated rings. The Hall–Kier alpha value is -5.81. The molecular weight excluding hydrogens is 679 g/mol. The lowest BCUT2D eigenvalue weighted by Crippen LogP contribution is -2.50. The number of hydrogen-bond donors (Lipinski definition) is 2. The maximum atomic E-state index is 13.8. The number of nitrogens with one attached hydrogen (secondary N) is 2. The van der Waals surface area contributed by atoms with Crippen LogP contribution in [0.3, 0.4) is 0 Å². The average molecular weight is 724 g/mol. The van der Waals surface area contributed by atoms with E-state index < -0.39 is 12.1 Å². The maximum Gasteiger partial charge on any atom is 0.248 e. The summed E-state index contributed by atoms with van der Waals surface area (Å²) >= 11 is 0. The predicted octanol–water partition coefficient (Wildman–Crippen LogP) is 5.82. The summed E-state index contributed by atoms with van der Waals surface area (Å²) < 4.78 is 0. The van der Waals surface area contributed by atoms with E-state index in [2.05, 4.69) is 45.8 Å². The van der Waals surface area contributed by atoms with Gasteiger partial charge in [-0.2, -0.15) is 0 Å². The van der Waals surface area contributed by atoms with Gasteiger partial charge in [0.15, 0.2) is 11.9 Å². The highest BCUT2D eigenvalue weighted by Crippen LogP contribution is 2.35. The molecule has 1 aromatic heterocycles. The molecule has 276 valence electrons. The Kier molecular flexibility index (Phi) is 9.97. The van der Waals surface area contributed by atoms with Gasteiger partial charge in [-0.25, -0.2) is 4.98 Å². The van der Waals surface area contributed by atoms with Gasteiger partial charge in [0.25, 0.3) is 0 Å². The van der Waals surface area contributed by atoms with E-state index in [-0.39, 0.29) is 29.9 Å². The number of oxime groups is 1.